The molecule has 2 saturated heterocycles. The second-order valence-corrected chi connectivity index (χ2v) is 8.55. The Labute approximate surface area is 137 Å². The summed E-state index contributed by atoms with van der Waals surface area (Å²) >= 11 is 3.52. The molecular formula is C15H17NO4S2. The molecule has 1 atom stereocenters. The minimum atomic E-state index is -0.957. The van der Waals surface area contributed by atoms with Crippen LogP contribution in [0.15, 0.2) is 30.3 Å². The van der Waals surface area contributed by atoms with E-state index in [1.165, 1.54) is 4.90 Å². The number of likely N-dealkylation sites (tertiary alicyclic amines) is 1. The van der Waals surface area contributed by atoms with Crippen LogP contribution in [0.5, 0.6) is 0 Å². The number of carbonyl (C=O) groups is 2. The highest BCUT2D eigenvalue weighted by Gasteiger charge is 2.51. The Morgan fingerprint density at radius 3 is 2.59 bits per heavy atom. The van der Waals surface area contributed by atoms with Gasteiger partial charge in [-0.2, -0.15) is 0 Å². The highest BCUT2D eigenvalue weighted by atomic mass is 32.2. The summed E-state index contributed by atoms with van der Waals surface area (Å²) in [5.74, 6) is 1.05. The van der Waals surface area contributed by atoms with E-state index in [9.17, 15) is 14.7 Å². The average molecular weight is 339 g/mol. The van der Waals surface area contributed by atoms with Gasteiger partial charge in [-0.15, -0.1) is 23.5 Å². The summed E-state index contributed by atoms with van der Waals surface area (Å²) in [6, 6.07) is 8.60. The van der Waals surface area contributed by atoms with Crippen molar-refractivity contribution in [1.29, 1.82) is 0 Å². The van der Waals surface area contributed by atoms with Gasteiger partial charge >= 0.3 is 12.1 Å². The number of carboxylic acids is 1. The molecule has 22 heavy (non-hydrogen) atoms. The molecule has 0 unspecified atom stereocenters. The van der Waals surface area contributed by atoms with Crippen LogP contribution < -0.4 is 0 Å². The zero-order chi connectivity index (χ0) is 15.6. The molecule has 7 heteroatoms. The van der Waals surface area contributed by atoms with Gasteiger partial charge in [0.2, 0.25) is 0 Å². The largest absolute Gasteiger partial charge is 0.480 e. The number of thioether (sulfide) groups is 2. The number of nitrogens with zero attached hydrogens (tertiary/aromatic N) is 1. The van der Waals surface area contributed by atoms with E-state index in [1.54, 1.807) is 23.5 Å². The third kappa shape index (κ3) is 3.20. The monoisotopic (exact) mass is 339 g/mol. The fourth-order valence-corrected chi connectivity index (χ4v) is 6.02. The number of ether oxygens (including phenoxy) is 1. The number of carbonyl (C=O) groups excluding carboxylic acids is 1. The van der Waals surface area contributed by atoms with Gasteiger partial charge in [0, 0.05) is 24.5 Å². The minimum absolute atomic E-state index is 0.162. The minimum Gasteiger partial charge on any atom is -0.480 e. The molecule has 2 aliphatic heterocycles. The Hall–Kier alpha value is -1.34. The van der Waals surface area contributed by atoms with Gasteiger partial charge < -0.3 is 9.84 Å². The fourth-order valence-electron chi connectivity index (χ4n) is 2.76. The zero-order valence-corrected chi connectivity index (χ0v) is 13.6. The van der Waals surface area contributed by atoms with Crippen LogP contribution in [0.4, 0.5) is 4.79 Å². The number of carboxylic acid groups (broad SMARTS) is 1. The molecular weight excluding hydrogens is 322 g/mol. The first-order valence-electron chi connectivity index (χ1n) is 7.08. The maximum Gasteiger partial charge on any atom is 0.410 e. The number of hydrogen-bond acceptors (Lipinski definition) is 5. The summed E-state index contributed by atoms with van der Waals surface area (Å²) in [6.45, 7) is 0.600. The van der Waals surface area contributed by atoms with E-state index in [1.807, 2.05) is 30.3 Å². The predicted octanol–water partition coefficient (Wildman–Crippen LogP) is 2.66. The summed E-state index contributed by atoms with van der Waals surface area (Å²) in [5, 5.41) is 9.39. The van der Waals surface area contributed by atoms with Gasteiger partial charge in [-0.3, -0.25) is 4.90 Å². The Morgan fingerprint density at radius 2 is 1.95 bits per heavy atom. The molecule has 2 aliphatic rings. The highest BCUT2D eigenvalue weighted by molar-refractivity contribution is 8.21. The van der Waals surface area contributed by atoms with E-state index in [0.29, 0.717) is 13.0 Å². The van der Waals surface area contributed by atoms with E-state index in [4.69, 9.17) is 4.74 Å². The second kappa shape index (κ2) is 6.42. The highest BCUT2D eigenvalue weighted by Crippen LogP contribution is 2.51. The molecule has 0 saturated carbocycles. The summed E-state index contributed by atoms with van der Waals surface area (Å²) < 4.78 is 5.13. The molecule has 2 fully saturated rings. The third-order valence-electron chi connectivity index (χ3n) is 3.83. The fraction of sp³-hybridized carbons (Fsp3) is 0.467. The Kier molecular flexibility index (Phi) is 4.54. The first-order valence-corrected chi connectivity index (χ1v) is 9.05. The Balaban J connectivity index is 1.66. The maximum atomic E-state index is 12.3. The first-order chi connectivity index (χ1) is 10.6. The lowest BCUT2D eigenvalue weighted by Crippen LogP contribution is -2.41. The summed E-state index contributed by atoms with van der Waals surface area (Å²) in [6.07, 6.45) is -0.0563. The molecule has 1 N–H and O–H groups in total. The van der Waals surface area contributed by atoms with E-state index in [2.05, 4.69) is 0 Å². The van der Waals surface area contributed by atoms with Gasteiger partial charge in [0.25, 0.3) is 0 Å². The standard InChI is InChI=1S/C15H17NO4S2/c17-13(18)12-8-15(21-6-7-22-15)10-16(12)14(19)20-9-11-4-2-1-3-5-11/h1-5,12H,6-10H2,(H,17,18)/t12-/m0/s1. The molecule has 0 radical (unpaired) electrons. The van der Waals surface area contributed by atoms with Crippen LogP contribution in [-0.4, -0.2) is 50.2 Å². The lowest BCUT2D eigenvalue weighted by atomic mass is 10.2. The van der Waals surface area contributed by atoms with E-state index >= 15 is 0 Å². The van der Waals surface area contributed by atoms with Crippen molar-refractivity contribution in [3.05, 3.63) is 35.9 Å². The summed E-state index contributed by atoms with van der Waals surface area (Å²) in [5.41, 5.74) is 0.890. The van der Waals surface area contributed by atoms with Crippen LogP contribution in [0.2, 0.25) is 0 Å². The van der Waals surface area contributed by atoms with Gasteiger partial charge in [-0.1, -0.05) is 30.3 Å². The van der Waals surface area contributed by atoms with Crippen molar-refractivity contribution >= 4 is 35.6 Å². The molecule has 5 nitrogen and oxygen atoms in total. The lowest BCUT2D eigenvalue weighted by molar-refractivity contribution is -0.141. The molecule has 118 valence electrons. The maximum absolute atomic E-state index is 12.3. The molecule has 2 heterocycles. The van der Waals surface area contributed by atoms with Crippen molar-refractivity contribution in [3.63, 3.8) is 0 Å². The smallest absolute Gasteiger partial charge is 0.410 e. The average Bonchev–Trinajstić information content (AvgIpc) is 3.14. The van der Waals surface area contributed by atoms with Crippen LogP contribution in [-0.2, 0) is 16.1 Å². The quantitative estimate of drug-likeness (QED) is 0.913. The SMILES string of the molecule is O=C(O)[C@@H]1CC2(CN1C(=O)OCc1ccccc1)SCCS2. The van der Waals surface area contributed by atoms with Crippen molar-refractivity contribution in [2.75, 3.05) is 18.1 Å². The van der Waals surface area contributed by atoms with E-state index < -0.39 is 18.1 Å². The Morgan fingerprint density at radius 1 is 1.27 bits per heavy atom. The molecule has 3 rings (SSSR count). The van der Waals surface area contributed by atoms with Gasteiger partial charge in [0.15, 0.2) is 0 Å². The molecule has 1 spiro atoms. The molecule has 0 aromatic heterocycles. The van der Waals surface area contributed by atoms with Crippen molar-refractivity contribution in [3.8, 4) is 0 Å². The molecule has 1 aromatic rings. The Bertz CT molecular complexity index is 560. The number of hydrogen-bond donors (Lipinski definition) is 1. The van der Waals surface area contributed by atoms with Crippen LogP contribution in [0.25, 0.3) is 0 Å². The first kappa shape index (κ1) is 15.6. The van der Waals surface area contributed by atoms with E-state index in [0.717, 1.165) is 17.1 Å². The zero-order valence-electron chi connectivity index (χ0n) is 11.9. The number of benzene rings is 1. The third-order valence-corrected chi connectivity index (χ3v) is 7.26. The summed E-state index contributed by atoms with van der Waals surface area (Å²) in [4.78, 5) is 25.1. The molecule has 0 aliphatic carbocycles. The van der Waals surface area contributed by atoms with Gasteiger partial charge in [0.1, 0.15) is 12.6 Å². The lowest BCUT2D eigenvalue weighted by Gasteiger charge is -2.22. The van der Waals surface area contributed by atoms with Gasteiger partial charge in [-0.25, -0.2) is 9.59 Å². The second-order valence-electron chi connectivity index (χ2n) is 5.33. The predicted molar refractivity (Wildman–Crippen MR) is 87.0 cm³/mol. The van der Waals surface area contributed by atoms with Gasteiger partial charge in [-0.05, 0) is 5.56 Å². The molecule has 0 bridgehead atoms. The normalized spacial score (nSPS) is 22.9. The van der Waals surface area contributed by atoms with Crippen molar-refractivity contribution in [1.82, 2.24) is 4.90 Å². The molecule has 1 amide bonds. The van der Waals surface area contributed by atoms with Crippen molar-refractivity contribution < 1.29 is 19.4 Å². The number of rotatable bonds is 3. The van der Waals surface area contributed by atoms with Crippen LogP contribution in [0.1, 0.15) is 12.0 Å². The van der Waals surface area contributed by atoms with E-state index in [-0.39, 0.29) is 10.7 Å². The van der Waals surface area contributed by atoms with Crippen molar-refractivity contribution in [2.24, 2.45) is 0 Å². The number of aliphatic carboxylic acids is 1. The van der Waals surface area contributed by atoms with Crippen LogP contribution in [0, 0.1) is 0 Å². The van der Waals surface area contributed by atoms with Crippen molar-refractivity contribution in [2.45, 2.75) is 23.1 Å². The summed E-state index contributed by atoms with van der Waals surface area (Å²) in [7, 11) is 0. The number of amides is 1. The molecule has 1 aromatic carbocycles. The van der Waals surface area contributed by atoms with Crippen LogP contribution >= 0.6 is 23.5 Å². The van der Waals surface area contributed by atoms with Crippen LogP contribution in [0.3, 0.4) is 0 Å². The van der Waals surface area contributed by atoms with Gasteiger partial charge in [0.05, 0.1) is 4.08 Å². The topological polar surface area (TPSA) is 66.8 Å².